The molecule has 2 aliphatic rings. The number of nitrogens with two attached hydrogens (primary N) is 2. The lowest BCUT2D eigenvalue weighted by Gasteiger charge is -2.27. The Labute approximate surface area is 208 Å². The number of amides is 1. The van der Waals surface area contributed by atoms with Gasteiger partial charge in [0.25, 0.3) is 5.91 Å². The highest BCUT2D eigenvalue weighted by Crippen LogP contribution is 2.44. The molecule has 0 unspecified atom stereocenters. The second-order valence-corrected chi connectivity index (χ2v) is 10.6. The van der Waals surface area contributed by atoms with Crippen LogP contribution in [0.3, 0.4) is 0 Å². The molecule has 2 aromatic rings. The summed E-state index contributed by atoms with van der Waals surface area (Å²) in [6, 6.07) is 6.10. The van der Waals surface area contributed by atoms with Crippen molar-refractivity contribution in [3.05, 3.63) is 46.0 Å². The van der Waals surface area contributed by atoms with E-state index >= 15 is 0 Å². The van der Waals surface area contributed by atoms with Crippen molar-refractivity contribution in [3.63, 3.8) is 0 Å². The van der Waals surface area contributed by atoms with Gasteiger partial charge in [-0.05, 0) is 36.8 Å². The van der Waals surface area contributed by atoms with Crippen LogP contribution in [0.1, 0.15) is 21.5 Å². The van der Waals surface area contributed by atoms with Crippen molar-refractivity contribution in [1.82, 2.24) is 10.4 Å². The molecule has 2 aliphatic heterocycles. The Morgan fingerprint density at radius 2 is 1.89 bits per heavy atom. The van der Waals surface area contributed by atoms with Gasteiger partial charge in [-0.3, -0.25) is 10.2 Å². The minimum atomic E-state index is -3.88. The van der Waals surface area contributed by atoms with E-state index < -0.39 is 21.7 Å². The first-order valence-electron chi connectivity index (χ1n) is 11.0. The highest BCUT2D eigenvalue weighted by atomic mass is 35.5. The molecule has 35 heavy (non-hydrogen) atoms. The lowest BCUT2D eigenvalue weighted by atomic mass is 10.1. The molecule has 1 fully saturated rings. The topological polar surface area (TPSA) is 161 Å². The predicted octanol–water partition coefficient (Wildman–Crippen LogP) is 1.39. The van der Waals surface area contributed by atoms with Crippen LogP contribution in [0.25, 0.3) is 0 Å². The third kappa shape index (κ3) is 5.85. The Balaban J connectivity index is 1.56. The van der Waals surface area contributed by atoms with Gasteiger partial charge in [0.1, 0.15) is 16.4 Å². The fourth-order valence-electron chi connectivity index (χ4n) is 3.91. The summed E-state index contributed by atoms with van der Waals surface area (Å²) in [6.07, 6.45) is 0. The van der Waals surface area contributed by atoms with E-state index in [2.05, 4.69) is 20.7 Å². The molecule has 4 rings (SSSR count). The van der Waals surface area contributed by atoms with Gasteiger partial charge < -0.3 is 26.3 Å². The summed E-state index contributed by atoms with van der Waals surface area (Å²) >= 11 is 6.51. The van der Waals surface area contributed by atoms with Crippen LogP contribution in [0.5, 0.6) is 11.5 Å². The summed E-state index contributed by atoms with van der Waals surface area (Å²) in [6.45, 7) is 5.92. The number of nitrogens with zero attached hydrogens (tertiary/aromatic N) is 2. The van der Waals surface area contributed by atoms with Gasteiger partial charge in [0.05, 0.1) is 24.0 Å². The van der Waals surface area contributed by atoms with Crippen molar-refractivity contribution < 1.29 is 22.7 Å². The third-order valence-electron chi connectivity index (χ3n) is 5.52. The molecular weight excluding hydrogens is 496 g/mol. The highest BCUT2D eigenvalue weighted by molar-refractivity contribution is 7.90. The number of anilines is 1. The van der Waals surface area contributed by atoms with Crippen molar-refractivity contribution in [3.8, 4) is 11.5 Å². The highest BCUT2D eigenvalue weighted by Gasteiger charge is 2.31. The van der Waals surface area contributed by atoms with Crippen LogP contribution in [0.4, 0.5) is 5.69 Å². The summed E-state index contributed by atoms with van der Waals surface area (Å²) in [5, 5.41) is 5.63. The van der Waals surface area contributed by atoms with Crippen LogP contribution in [0.2, 0.25) is 5.02 Å². The molecule has 1 amide bonds. The van der Waals surface area contributed by atoms with E-state index in [1.807, 2.05) is 0 Å². The Bertz CT molecular complexity index is 1270. The first-order chi connectivity index (χ1) is 16.6. The molecule has 0 aromatic heterocycles. The number of carbonyl (C=O) groups excluding carboxylic acids is 1. The molecule has 2 aromatic carbocycles. The molecule has 0 atom stereocenters. The fraction of sp³-hybridized carbons (Fsp3) is 0.364. The van der Waals surface area contributed by atoms with Crippen LogP contribution in [0, 0.1) is 6.92 Å². The van der Waals surface area contributed by atoms with E-state index in [9.17, 15) is 13.2 Å². The van der Waals surface area contributed by atoms with Gasteiger partial charge in [0.15, 0.2) is 15.8 Å². The number of halogens is 1. The van der Waals surface area contributed by atoms with E-state index in [4.69, 9.17) is 32.5 Å². The van der Waals surface area contributed by atoms with Crippen LogP contribution in [0.15, 0.2) is 34.2 Å². The number of rotatable bonds is 6. The molecule has 2 heterocycles. The number of carbonyl (C=O) groups is 1. The molecule has 13 heteroatoms. The Morgan fingerprint density at radius 1 is 1.14 bits per heavy atom. The molecule has 188 valence electrons. The number of guanidine groups is 1. The summed E-state index contributed by atoms with van der Waals surface area (Å²) in [7, 11) is -3.88. The van der Waals surface area contributed by atoms with E-state index in [1.165, 1.54) is 12.1 Å². The number of hydrazine groups is 1. The van der Waals surface area contributed by atoms with Gasteiger partial charge in [-0.2, -0.15) is 4.99 Å². The zero-order valence-electron chi connectivity index (χ0n) is 19.1. The Hall–Kier alpha value is -2.90. The maximum absolute atomic E-state index is 13.3. The number of benzene rings is 2. The van der Waals surface area contributed by atoms with Crippen molar-refractivity contribution in [2.24, 2.45) is 16.5 Å². The number of hydrogen-bond acceptors (Lipinski definition) is 8. The number of ether oxygens (including phenoxy) is 2. The Kier molecular flexibility index (Phi) is 7.47. The smallest absolute Gasteiger partial charge is 0.280 e. The van der Waals surface area contributed by atoms with Gasteiger partial charge in [-0.15, -0.1) is 0 Å². The number of nitrogens with one attached hydrogen (secondary N) is 2. The zero-order chi connectivity index (χ0) is 25.2. The number of morpholine rings is 1. The molecule has 0 radical (unpaired) electrons. The zero-order valence-corrected chi connectivity index (χ0v) is 20.7. The standard InChI is InChI=1S/C22H27ClN6O5S/c1-13-8-14(21(30)28-22(24)25)10-18-19(13)34-20-15(12-35(18,31)32)9-16(11-17(20)23)26-2-3-27-29-4-6-33-7-5-29/h8-11,26-27H,2-7,12H2,1H3,(H4,24,25,28,30). The minimum Gasteiger partial charge on any atom is -0.454 e. The van der Waals surface area contributed by atoms with Crippen molar-refractivity contribution in [2.75, 3.05) is 44.7 Å². The quantitative estimate of drug-likeness (QED) is 0.248. The molecule has 0 aliphatic carbocycles. The van der Waals surface area contributed by atoms with E-state index in [0.29, 0.717) is 43.1 Å². The van der Waals surface area contributed by atoms with Gasteiger partial charge in [0, 0.05) is 43.0 Å². The SMILES string of the molecule is Cc1cc(C(=O)N=C(N)N)cc2c1Oc1c(Cl)cc(NCCNN3CCOCC3)cc1CS2(=O)=O. The second-order valence-electron chi connectivity index (χ2n) is 8.20. The Morgan fingerprint density at radius 3 is 2.60 bits per heavy atom. The van der Waals surface area contributed by atoms with Gasteiger partial charge >= 0.3 is 0 Å². The lowest BCUT2D eigenvalue weighted by Crippen LogP contribution is -2.47. The second kappa shape index (κ2) is 10.4. The maximum Gasteiger partial charge on any atom is 0.280 e. The van der Waals surface area contributed by atoms with Crippen LogP contribution >= 0.6 is 11.6 Å². The number of fused-ring (bicyclic) bond motifs is 2. The maximum atomic E-state index is 13.3. The monoisotopic (exact) mass is 522 g/mol. The summed E-state index contributed by atoms with van der Waals surface area (Å²) < 4.78 is 37.9. The number of hydrogen-bond donors (Lipinski definition) is 4. The first-order valence-corrected chi connectivity index (χ1v) is 13.0. The van der Waals surface area contributed by atoms with Crippen LogP contribution in [-0.4, -0.2) is 64.7 Å². The number of aryl methyl sites for hydroxylation is 1. The molecule has 11 nitrogen and oxygen atoms in total. The average Bonchev–Trinajstić information content (AvgIpc) is 2.91. The molecule has 0 saturated carbocycles. The molecular formula is C22H27ClN6O5S. The largest absolute Gasteiger partial charge is 0.454 e. The summed E-state index contributed by atoms with van der Waals surface area (Å²) in [4.78, 5) is 15.7. The third-order valence-corrected chi connectivity index (χ3v) is 7.47. The molecule has 1 saturated heterocycles. The van der Waals surface area contributed by atoms with Gasteiger partial charge in [0.2, 0.25) is 0 Å². The van der Waals surface area contributed by atoms with Crippen molar-refractivity contribution in [1.29, 1.82) is 0 Å². The van der Waals surface area contributed by atoms with E-state index in [-0.39, 0.29) is 32.7 Å². The number of aliphatic imine (C=N–C) groups is 1. The van der Waals surface area contributed by atoms with Crippen LogP contribution < -0.4 is 26.9 Å². The number of sulfone groups is 1. The van der Waals surface area contributed by atoms with Gasteiger partial charge in [-0.25, -0.2) is 13.4 Å². The molecule has 0 spiro atoms. The van der Waals surface area contributed by atoms with E-state index in [1.54, 1.807) is 19.1 Å². The molecule has 6 N–H and O–H groups in total. The predicted molar refractivity (Wildman–Crippen MR) is 133 cm³/mol. The van der Waals surface area contributed by atoms with Gasteiger partial charge in [-0.1, -0.05) is 11.6 Å². The van der Waals surface area contributed by atoms with Crippen molar-refractivity contribution >= 4 is 39.0 Å². The minimum absolute atomic E-state index is 0.0361. The first kappa shape index (κ1) is 25.2. The summed E-state index contributed by atoms with van der Waals surface area (Å²) in [5.41, 5.74) is 15.4. The summed E-state index contributed by atoms with van der Waals surface area (Å²) in [5.74, 6) is -1.14. The average molecular weight is 523 g/mol. The fourth-order valence-corrected chi connectivity index (χ4v) is 5.76. The molecule has 0 bridgehead atoms. The van der Waals surface area contributed by atoms with Crippen LogP contribution in [-0.2, 0) is 20.3 Å². The lowest BCUT2D eigenvalue weighted by molar-refractivity contribution is 0.0129. The van der Waals surface area contributed by atoms with E-state index in [0.717, 1.165) is 13.1 Å². The normalized spacial score (nSPS) is 16.9. The van der Waals surface area contributed by atoms with Crippen molar-refractivity contribution in [2.45, 2.75) is 17.6 Å².